The zero-order valence-corrected chi connectivity index (χ0v) is 16.5. The number of ether oxygens (including phenoxy) is 2. The molecule has 0 amide bonds. The summed E-state index contributed by atoms with van der Waals surface area (Å²) in [6, 6.07) is 16.8. The summed E-state index contributed by atoms with van der Waals surface area (Å²) < 4.78 is 11.1. The van der Waals surface area contributed by atoms with Gasteiger partial charge in [-0.15, -0.1) is 0 Å². The van der Waals surface area contributed by atoms with Gasteiger partial charge in [0, 0.05) is 30.1 Å². The van der Waals surface area contributed by atoms with E-state index in [9.17, 15) is 14.9 Å². The average Bonchev–Trinajstić information content (AvgIpc) is 2.69. The van der Waals surface area contributed by atoms with Gasteiger partial charge in [0.25, 0.3) is 0 Å². The summed E-state index contributed by atoms with van der Waals surface area (Å²) in [5, 5.41) is 12.0. The first-order chi connectivity index (χ1) is 13.4. The van der Waals surface area contributed by atoms with Crippen LogP contribution in [0.25, 0.3) is 0 Å². The van der Waals surface area contributed by atoms with E-state index < -0.39 is 17.7 Å². The predicted octanol–water partition coefficient (Wildman–Crippen LogP) is 4.54. The molecule has 150 valence electrons. The molecule has 0 saturated heterocycles. The van der Waals surface area contributed by atoms with Crippen molar-refractivity contribution >= 4 is 5.78 Å². The van der Waals surface area contributed by atoms with Crippen LogP contribution in [0, 0.1) is 10.1 Å². The molecule has 2 aromatic rings. The normalized spacial score (nSPS) is 13.7. The molecule has 2 aromatic carbocycles. The summed E-state index contributed by atoms with van der Waals surface area (Å²) in [5.74, 6) is -2.38. The molecule has 0 heterocycles. The van der Waals surface area contributed by atoms with E-state index in [0.717, 1.165) is 5.56 Å². The number of benzene rings is 2. The van der Waals surface area contributed by atoms with E-state index in [1.54, 1.807) is 45.0 Å². The van der Waals surface area contributed by atoms with Crippen LogP contribution in [0.3, 0.4) is 0 Å². The average molecular weight is 385 g/mol. The first kappa shape index (κ1) is 21.7. The van der Waals surface area contributed by atoms with Gasteiger partial charge < -0.3 is 9.47 Å². The Morgan fingerprint density at radius 3 is 1.86 bits per heavy atom. The monoisotopic (exact) mass is 385 g/mol. The highest BCUT2D eigenvalue weighted by Crippen LogP contribution is 2.37. The van der Waals surface area contributed by atoms with Crippen LogP contribution in [0.1, 0.15) is 50.3 Å². The smallest absolute Gasteiger partial charge is 0.245 e. The van der Waals surface area contributed by atoms with Crippen molar-refractivity contribution in [1.82, 2.24) is 0 Å². The maximum absolute atomic E-state index is 13.1. The second kappa shape index (κ2) is 10.1. The van der Waals surface area contributed by atoms with Gasteiger partial charge in [0.1, 0.15) is 0 Å². The van der Waals surface area contributed by atoms with Crippen LogP contribution < -0.4 is 0 Å². The molecule has 0 radical (unpaired) electrons. The van der Waals surface area contributed by atoms with Crippen LogP contribution in [0.5, 0.6) is 0 Å². The fourth-order valence-corrected chi connectivity index (χ4v) is 3.40. The van der Waals surface area contributed by atoms with Gasteiger partial charge in [0.15, 0.2) is 5.78 Å². The lowest BCUT2D eigenvalue weighted by Crippen LogP contribution is -2.42. The van der Waals surface area contributed by atoms with E-state index in [1.807, 2.05) is 36.4 Å². The number of nitro groups is 1. The summed E-state index contributed by atoms with van der Waals surface area (Å²) in [5.41, 5.74) is 1.29. The van der Waals surface area contributed by atoms with E-state index in [2.05, 4.69) is 0 Å². The number of carbonyl (C=O) groups excluding carboxylic acids is 1. The van der Waals surface area contributed by atoms with Crippen molar-refractivity contribution in [2.24, 2.45) is 0 Å². The molecule has 2 atom stereocenters. The number of Topliss-reactive ketones (excluding diaryl/α,β-unsaturated/α-hetero) is 1. The minimum absolute atomic E-state index is 0.0684. The Morgan fingerprint density at radius 2 is 1.43 bits per heavy atom. The second-order valence-corrected chi connectivity index (χ2v) is 6.60. The predicted molar refractivity (Wildman–Crippen MR) is 107 cm³/mol. The quantitative estimate of drug-likeness (QED) is 0.322. The van der Waals surface area contributed by atoms with Gasteiger partial charge in [-0.25, -0.2) is 0 Å². The third-order valence-electron chi connectivity index (χ3n) is 4.73. The standard InChI is InChI=1S/C22H27NO5/c1-4-27-22(3,28-5-2)20(24)16-19(17-12-8-6-9-13-17)21(23(25)26)18-14-10-7-11-15-18/h6-15,19,21H,4-5,16H2,1-3H3/t19-,21-/m1/s1. The third-order valence-corrected chi connectivity index (χ3v) is 4.73. The van der Waals surface area contributed by atoms with Crippen molar-refractivity contribution in [2.75, 3.05) is 13.2 Å². The van der Waals surface area contributed by atoms with Crippen LogP contribution in [-0.4, -0.2) is 29.7 Å². The van der Waals surface area contributed by atoms with E-state index >= 15 is 0 Å². The van der Waals surface area contributed by atoms with Gasteiger partial charge >= 0.3 is 0 Å². The summed E-state index contributed by atoms with van der Waals surface area (Å²) in [6.45, 7) is 5.74. The Hall–Kier alpha value is -2.57. The van der Waals surface area contributed by atoms with Crippen LogP contribution >= 0.6 is 0 Å². The highest BCUT2D eigenvalue weighted by atomic mass is 16.7. The molecular weight excluding hydrogens is 358 g/mol. The molecule has 0 fully saturated rings. The van der Waals surface area contributed by atoms with Crippen molar-refractivity contribution in [1.29, 1.82) is 0 Å². The summed E-state index contributed by atoms with van der Waals surface area (Å²) >= 11 is 0. The molecule has 0 saturated carbocycles. The zero-order chi connectivity index (χ0) is 20.6. The fourth-order valence-electron chi connectivity index (χ4n) is 3.40. The molecule has 6 heteroatoms. The Kier molecular flexibility index (Phi) is 7.84. The fraction of sp³-hybridized carbons (Fsp3) is 0.409. The van der Waals surface area contributed by atoms with Crippen molar-refractivity contribution in [3.8, 4) is 0 Å². The highest BCUT2D eigenvalue weighted by Gasteiger charge is 2.42. The first-order valence-corrected chi connectivity index (χ1v) is 9.47. The molecule has 0 spiro atoms. The van der Waals surface area contributed by atoms with Crippen LogP contribution in [0.15, 0.2) is 60.7 Å². The lowest BCUT2D eigenvalue weighted by molar-refractivity contribution is -0.533. The topological polar surface area (TPSA) is 78.7 Å². The number of rotatable bonds is 11. The van der Waals surface area contributed by atoms with Crippen molar-refractivity contribution in [2.45, 2.75) is 44.9 Å². The number of hydrogen-bond donors (Lipinski definition) is 0. The van der Waals surface area contributed by atoms with Gasteiger partial charge in [-0.2, -0.15) is 0 Å². The van der Waals surface area contributed by atoms with Gasteiger partial charge in [0.05, 0.1) is 5.92 Å². The van der Waals surface area contributed by atoms with Gasteiger partial charge in [0.2, 0.25) is 11.8 Å². The molecule has 0 aliphatic carbocycles. The highest BCUT2D eigenvalue weighted by molar-refractivity contribution is 5.86. The maximum Gasteiger partial charge on any atom is 0.245 e. The van der Waals surface area contributed by atoms with Crippen molar-refractivity contribution < 1.29 is 19.2 Å². The van der Waals surface area contributed by atoms with Gasteiger partial charge in [-0.05, 0) is 26.3 Å². The number of ketones is 1. The van der Waals surface area contributed by atoms with Gasteiger partial charge in [-0.3, -0.25) is 14.9 Å². The Balaban J connectivity index is 2.45. The molecule has 0 aliphatic rings. The van der Waals surface area contributed by atoms with Crippen LogP contribution in [-0.2, 0) is 14.3 Å². The molecule has 0 unspecified atom stereocenters. The number of hydrogen-bond acceptors (Lipinski definition) is 5. The Bertz CT molecular complexity index is 757. The molecule has 2 rings (SSSR count). The minimum atomic E-state index is -1.42. The van der Waals surface area contributed by atoms with Gasteiger partial charge in [-0.1, -0.05) is 60.7 Å². The summed E-state index contributed by atoms with van der Waals surface area (Å²) in [6.07, 6.45) is -0.0684. The Labute approximate surface area is 165 Å². The molecule has 0 aromatic heterocycles. The minimum Gasteiger partial charge on any atom is -0.344 e. The lowest BCUT2D eigenvalue weighted by atomic mass is 9.82. The zero-order valence-electron chi connectivity index (χ0n) is 16.5. The van der Waals surface area contributed by atoms with E-state index in [0.29, 0.717) is 18.8 Å². The first-order valence-electron chi connectivity index (χ1n) is 9.47. The SMILES string of the molecule is CCOC(C)(OCC)C(=O)C[C@H](c1ccccc1)[C@@H](c1ccccc1)[N+](=O)[O-]. The van der Waals surface area contributed by atoms with E-state index in [-0.39, 0.29) is 17.1 Å². The molecule has 6 nitrogen and oxygen atoms in total. The van der Waals surface area contributed by atoms with Crippen LogP contribution in [0.4, 0.5) is 0 Å². The third kappa shape index (κ3) is 5.24. The van der Waals surface area contributed by atoms with Crippen molar-refractivity contribution in [3.05, 3.63) is 81.9 Å². The summed E-state index contributed by atoms with van der Waals surface area (Å²) in [7, 11) is 0. The largest absolute Gasteiger partial charge is 0.344 e. The van der Waals surface area contributed by atoms with Crippen LogP contribution in [0.2, 0.25) is 0 Å². The van der Waals surface area contributed by atoms with E-state index in [1.165, 1.54) is 0 Å². The number of nitrogens with zero attached hydrogens (tertiary/aromatic N) is 1. The maximum atomic E-state index is 13.1. The lowest BCUT2D eigenvalue weighted by Gasteiger charge is -2.30. The molecule has 0 aliphatic heterocycles. The number of carbonyl (C=O) groups is 1. The van der Waals surface area contributed by atoms with Crippen molar-refractivity contribution in [3.63, 3.8) is 0 Å². The molecule has 0 N–H and O–H groups in total. The molecular formula is C22H27NO5. The molecule has 28 heavy (non-hydrogen) atoms. The molecule has 0 bridgehead atoms. The second-order valence-electron chi connectivity index (χ2n) is 6.60. The summed E-state index contributed by atoms with van der Waals surface area (Å²) in [4.78, 5) is 24.8. The van der Waals surface area contributed by atoms with E-state index in [4.69, 9.17) is 9.47 Å². The Morgan fingerprint density at radius 1 is 0.964 bits per heavy atom.